The van der Waals surface area contributed by atoms with Crippen LogP contribution in [0.4, 0.5) is 0 Å². The van der Waals surface area contributed by atoms with Crippen LogP contribution in [0.3, 0.4) is 0 Å². The molecule has 0 saturated heterocycles. The average molecular weight is 364 g/mol. The fourth-order valence-electron chi connectivity index (χ4n) is 1.87. The minimum absolute atomic E-state index is 0. The standard InChI is InChI=1S/C14H25NO5.2K/c1-2-3-4-5-6-7-8-9-12(16)15-11(14(19)20)10-13(17)18;;/h11H,2-10H2,1H3,(H,15,16)(H,17,18)(H,19,20);;/q;2*+1/p-2/t11-;;/m0../s1. The molecule has 0 aromatic heterocycles. The van der Waals surface area contributed by atoms with Gasteiger partial charge in [-0.3, -0.25) is 4.79 Å². The van der Waals surface area contributed by atoms with Gasteiger partial charge in [0.2, 0.25) is 5.91 Å². The van der Waals surface area contributed by atoms with Gasteiger partial charge in [0.05, 0.1) is 12.0 Å². The van der Waals surface area contributed by atoms with Gasteiger partial charge in [0, 0.05) is 18.8 Å². The molecule has 8 heteroatoms. The first-order valence-electron chi connectivity index (χ1n) is 7.17. The van der Waals surface area contributed by atoms with Gasteiger partial charge in [-0.05, 0) is 6.42 Å². The summed E-state index contributed by atoms with van der Waals surface area (Å²) in [4.78, 5) is 32.4. The third-order valence-electron chi connectivity index (χ3n) is 3.00. The van der Waals surface area contributed by atoms with E-state index in [1.807, 2.05) is 0 Å². The Morgan fingerprint density at radius 2 is 1.41 bits per heavy atom. The number of carbonyl (C=O) groups is 3. The number of rotatable bonds is 12. The average Bonchev–Trinajstić information content (AvgIpc) is 2.36. The summed E-state index contributed by atoms with van der Waals surface area (Å²) >= 11 is 0. The summed E-state index contributed by atoms with van der Waals surface area (Å²) in [5.41, 5.74) is 0. The number of unbranched alkanes of at least 4 members (excludes halogenated alkanes) is 6. The van der Waals surface area contributed by atoms with Gasteiger partial charge in [0.25, 0.3) is 0 Å². The zero-order valence-electron chi connectivity index (χ0n) is 14.0. The molecule has 0 radical (unpaired) electrons. The van der Waals surface area contributed by atoms with E-state index in [1.165, 1.54) is 19.3 Å². The van der Waals surface area contributed by atoms with Crippen molar-refractivity contribution in [3.63, 3.8) is 0 Å². The zero-order chi connectivity index (χ0) is 15.4. The van der Waals surface area contributed by atoms with Crippen molar-refractivity contribution in [3.8, 4) is 0 Å². The Morgan fingerprint density at radius 1 is 0.909 bits per heavy atom. The minimum Gasteiger partial charge on any atom is -0.550 e. The largest absolute Gasteiger partial charge is 1.00 e. The van der Waals surface area contributed by atoms with Crippen molar-refractivity contribution in [2.75, 3.05) is 0 Å². The van der Waals surface area contributed by atoms with Gasteiger partial charge in [0.15, 0.2) is 0 Å². The predicted molar refractivity (Wildman–Crippen MR) is 69.2 cm³/mol. The van der Waals surface area contributed by atoms with E-state index in [-0.39, 0.29) is 109 Å². The first-order chi connectivity index (χ1) is 9.47. The van der Waals surface area contributed by atoms with E-state index in [1.54, 1.807) is 0 Å². The SMILES string of the molecule is CCCCCCCCCC(=O)N[C@@H](CC(=O)[O-])C(=O)[O-].[K+].[K+]. The Hall–Kier alpha value is 1.68. The van der Waals surface area contributed by atoms with Gasteiger partial charge in [-0.15, -0.1) is 0 Å². The van der Waals surface area contributed by atoms with Crippen molar-refractivity contribution in [1.82, 2.24) is 5.32 Å². The van der Waals surface area contributed by atoms with Crippen molar-refractivity contribution < 1.29 is 127 Å². The van der Waals surface area contributed by atoms with E-state index in [0.29, 0.717) is 6.42 Å². The van der Waals surface area contributed by atoms with Crippen LogP contribution in [-0.2, 0) is 14.4 Å². The van der Waals surface area contributed by atoms with Crippen LogP contribution in [0.5, 0.6) is 0 Å². The van der Waals surface area contributed by atoms with E-state index >= 15 is 0 Å². The molecule has 116 valence electrons. The van der Waals surface area contributed by atoms with Crippen LogP contribution in [0.1, 0.15) is 64.7 Å². The van der Waals surface area contributed by atoms with E-state index < -0.39 is 30.3 Å². The number of carboxylic acid groups (broad SMARTS) is 2. The Balaban J connectivity index is -0.00000180. The molecule has 0 aliphatic heterocycles. The molecule has 6 nitrogen and oxygen atoms in total. The molecule has 1 atom stereocenters. The molecule has 0 aromatic rings. The number of aliphatic carboxylic acids is 2. The van der Waals surface area contributed by atoms with E-state index in [4.69, 9.17) is 0 Å². The maximum Gasteiger partial charge on any atom is 1.00 e. The maximum absolute atomic E-state index is 11.5. The first-order valence-corrected chi connectivity index (χ1v) is 7.17. The molecule has 1 amide bonds. The number of hydrogen-bond donors (Lipinski definition) is 1. The summed E-state index contributed by atoms with van der Waals surface area (Å²) in [6.07, 6.45) is 6.80. The van der Waals surface area contributed by atoms with Gasteiger partial charge in [-0.2, -0.15) is 0 Å². The van der Waals surface area contributed by atoms with Crippen LogP contribution >= 0.6 is 0 Å². The predicted octanol–water partition coefficient (Wildman–Crippen LogP) is -6.49. The monoisotopic (exact) mass is 363 g/mol. The normalized spacial score (nSPS) is 10.8. The Bertz CT molecular complexity index is 326. The maximum atomic E-state index is 11.5. The van der Waals surface area contributed by atoms with Crippen LogP contribution in [-0.4, -0.2) is 23.9 Å². The molecule has 0 unspecified atom stereocenters. The Kier molecular flexibility index (Phi) is 24.6. The third kappa shape index (κ3) is 18.0. The first kappa shape index (κ1) is 28.5. The van der Waals surface area contributed by atoms with Gasteiger partial charge in [-0.25, -0.2) is 0 Å². The molecule has 22 heavy (non-hydrogen) atoms. The summed E-state index contributed by atoms with van der Waals surface area (Å²) in [7, 11) is 0. The smallest absolute Gasteiger partial charge is 0.550 e. The summed E-state index contributed by atoms with van der Waals surface area (Å²) in [6, 6.07) is -1.52. The van der Waals surface area contributed by atoms with E-state index in [9.17, 15) is 24.6 Å². The minimum atomic E-state index is -1.61. The van der Waals surface area contributed by atoms with Crippen LogP contribution in [0, 0.1) is 0 Å². The number of amides is 1. The zero-order valence-corrected chi connectivity index (χ0v) is 20.2. The van der Waals surface area contributed by atoms with Crippen molar-refractivity contribution >= 4 is 17.8 Å². The van der Waals surface area contributed by atoms with Gasteiger partial charge in [0.1, 0.15) is 0 Å². The molecule has 0 heterocycles. The molecule has 0 fully saturated rings. The fourth-order valence-corrected chi connectivity index (χ4v) is 1.87. The van der Waals surface area contributed by atoms with Crippen LogP contribution in [0.25, 0.3) is 0 Å². The number of nitrogens with one attached hydrogen (secondary N) is 1. The van der Waals surface area contributed by atoms with Crippen LogP contribution in [0.2, 0.25) is 0 Å². The molecule has 0 aliphatic rings. The fraction of sp³-hybridized carbons (Fsp3) is 0.786. The quantitative estimate of drug-likeness (QED) is 0.274. The topological polar surface area (TPSA) is 109 Å². The molecule has 0 rings (SSSR count). The van der Waals surface area contributed by atoms with Crippen LogP contribution in [0.15, 0.2) is 0 Å². The van der Waals surface area contributed by atoms with E-state index in [0.717, 1.165) is 19.3 Å². The molecule has 0 aromatic carbocycles. The second-order valence-corrected chi connectivity index (χ2v) is 4.89. The molecule has 1 N–H and O–H groups in total. The number of hydrogen-bond acceptors (Lipinski definition) is 5. The molecule has 0 bridgehead atoms. The Morgan fingerprint density at radius 3 is 1.86 bits per heavy atom. The number of carbonyl (C=O) groups excluding carboxylic acids is 3. The van der Waals surface area contributed by atoms with Crippen molar-refractivity contribution in [1.29, 1.82) is 0 Å². The molecule has 0 spiro atoms. The van der Waals surface area contributed by atoms with Crippen molar-refractivity contribution in [2.24, 2.45) is 0 Å². The van der Waals surface area contributed by atoms with E-state index in [2.05, 4.69) is 12.2 Å². The summed E-state index contributed by atoms with van der Waals surface area (Å²) < 4.78 is 0. The number of carboxylic acids is 2. The second kappa shape index (κ2) is 19.0. The summed E-state index contributed by atoms with van der Waals surface area (Å²) in [5.74, 6) is -3.61. The third-order valence-corrected chi connectivity index (χ3v) is 3.00. The van der Waals surface area contributed by atoms with Crippen molar-refractivity contribution in [3.05, 3.63) is 0 Å². The second-order valence-electron chi connectivity index (χ2n) is 4.89. The summed E-state index contributed by atoms with van der Waals surface area (Å²) in [6.45, 7) is 2.14. The van der Waals surface area contributed by atoms with Gasteiger partial charge in [-0.1, -0.05) is 45.4 Å². The molecule has 0 saturated carbocycles. The molecular weight excluding hydrogens is 340 g/mol. The van der Waals surface area contributed by atoms with Gasteiger partial charge >= 0.3 is 103 Å². The van der Waals surface area contributed by atoms with Crippen LogP contribution < -0.4 is 118 Å². The summed E-state index contributed by atoms with van der Waals surface area (Å²) in [5, 5.41) is 23.1. The Labute approximate surface area is 217 Å². The molecule has 0 aliphatic carbocycles. The van der Waals surface area contributed by atoms with Crippen molar-refractivity contribution in [2.45, 2.75) is 70.8 Å². The molecular formula is C14H23K2NO5. The van der Waals surface area contributed by atoms with Gasteiger partial charge < -0.3 is 25.1 Å².